The molecular formula is C30H52O4. The molecule has 34 heavy (non-hydrogen) atoms. The standard InChI is InChI=1S/C15H26O2.C10H16.C5H10O2/c1-6-10(2)13(16)17-12-9-11-7-8-15(12,5)14(11,3)4;1-7-8-4-5-9(6-8)10(7,2)3;1-3-4(2)5(6)7/h10-12H,6-9H2,1-5H3;8-9H,1,4-6H2,2-3H3;4H,3H2,1-2H3,(H,6,7). The van der Waals surface area contributed by atoms with Gasteiger partial charge < -0.3 is 9.84 Å². The van der Waals surface area contributed by atoms with Crippen LogP contribution in [0.15, 0.2) is 12.2 Å². The highest BCUT2D eigenvalue weighted by molar-refractivity contribution is 5.72. The molecular weight excluding hydrogens is 424 g/mol. The number of hydrogen-bond donors (Lipinski definition) is 1. The van der Waals surface area contributed by atoms with Crippen molar-refractivity contribution in [1.82, 2.24) is 0 Å². The predicted octanol–water partition coefficient (Wildman–Crippen LogP) is 7.91. The van der Waals surface area contributed by atoms with E-state index in [0.29, 0.717) is 10.8 Å². The second-order valence-corrected chi connectivity index (χ2v) is 12.9. The van der Waals surface area contributed by atoms with Crippen molar-refractivity contribution < 1.29 is 19.4 Å². The van der Waals surface area contributed by atoms with Crippen molar-refractivity contribution in [3.63, 3.8) is 0 Å². The number of allylic oxidation sites excluding steroid dienone is 1. The van der Waals surface area contributed by atoms with Crippen LogP contribution in [0.2, 0.25) is 0 Å². The normalized spacial score (nSPS) is 35.5. The minimum Gasteiger partial charge on any atom is -0.481 e. The summed E-state index contributed by atoms with van der Waals surface area (Å²) in [6.45, 7) is 23.5. The number of aliphatic carboxylic acids is 1. The Kier molecular flexibility index (Phi) is 9.14. The predicted molar refractivity (Wildman–Crippen MR) is 139 cm³/mol. The van der Waals surface area contributed by atoms with Gasteiger partial charge in [-0.1, -0.05) is 74.5 Å². The summed E-state index contributed by atoms with van der Waals surface area (Å²) in [6, 6.07) is 0. The summed E-state index contributed by atoms with van der Waals surface area (Å²) in [7, 11) is 0. The summed E-state index contributed by atoms with van der Waals surface area (Å²) >= 11 is 0. The Morgan fingerprint density at radius 3 is 1.85 bits per heavy atom. The van der Waals surface area contributed by atoms with Crippen LogP contribution in [0, 0.1) is 45.8 Å². The molecule has 0 aromatic rings. The van der Waals surface area contributed by atoms with Gasteiger partial charge in [0, 0.05) is 5.41 Å². The van der Waals surface area contributed by atoms with E-state index in [1.54, 1.807) is 6.92 Å². The summed E-state index contributed by atoms with van der Waals surface area (Å²) in [5.74, 6) is 1.75. The molecule has 1 N–H and O–H groups in total. The molecule has 7 unspecified atom stereocenters. The summed E-state index contributed by atoms with van der Waals surface area (Å²) in [6.07, 6.45) is 9.65. The maximum absolute atomic E-state index is 11.9. The van der Waals surface area contributed by atoms with Crippen LogP contribution < -0.4 is 0 Å². The van der Waals surface area contributed by atoms with Gasteiger partial charge in [-0.3, -0.25) is 9.59 Å². The van der Waals surface area contributed by atoms with Crippen molar-refractivity contribution in [2.75, 3.05) is 0 Å². The van der Waals surface area contributed by atoms with Gasteiger partial charge in [-0.2, -0.15) is 0 Å². The smallest absolute Gasteiger partial charge is 0.308 e. The molecule has 0 amide bonds. The topological polar surface area (TPSA) is 63.6 Å². The lowest BCUT2D eigenvalue weighted by Crippen LogP contribution is -2.39. The highest BCUT2D eigenvalue weighted by Gasteiger charge is 2.62. The van der Waals surface area contributed by atoms with Crippen molar-refractivity contribution in [1.29, 1.82) is 0 Å². The van der Waals surface area contributed by atoms with Gasteiger partial charge in [0.25, 0.3) is 0 Å². The molecule has 0 aliphatic heterocycles. The Labute approximate surface area is 209 Å². The first kappa shape index (κ1) is 28.9. The van der Waals surface area contributed by atoms with Crippen LogP contribution in [0.25, 0.3) is 0 Å². The maximum Gasteiger partial charge on any atom is 0.308 e. The largest absolute Gasteiger partial charge is 0.481 e. The molecule has 0 aromatic heterocycles. The SMILES string of the molecule is C=C1C2CCC(C2)C1(C)C.CCC(C)C(=O)O.CCC(C)C(=O)OC1CC2CCC1(C)C2(C)C. The lowest BCUT2D eigenvalue weighted by molar-refractivity contribution is -0.161. The molecule has 196 valence electrons. The van der Waals surface area contributed by atoms with E-state index in [1.807, 2.05) is 20.8 Å². The van der Waals surface area contributed by atoms with E-state index in [-0.39, 0.29) is 29.3 Å². The Balaban J connectivity index is 0.000000203. The number of carboxylic acids is 1. The average molecular weight is 477 g/mol. The summed E-state index contributed by atoms with van der Waals surface area (Å²) in [5.41, 5.74) is 2.53. The molecule has 0 aromatic carbocycles. The van der Waals surface area contributed by atoms with E-state index in [9.17, 15) is 9.59 Å². The molecule has 0 heterocycles. The molecule has 4 rings (SSSR count). The number of esters is 1. The summed E-state index contributed by atoms with van der Waals surface area (Å²) in [4.78, 5) is 21.9. The first-order valence-corrected chi connectivity index (χ1v) is 13.8. The minimum atomic E-state index is -0.706. The van der Waals surface area contributed by atoms with Crippen molar-refractivity contribution in [3.05, 3.63) is 12.2 Å². The lowest BCUT2D eigenvalue weighted by Gasteiger charge is -2.38. The number of ether oxygens (including phenoxy) is 1. The number of carbonyl (C=O) groups is 2. The molecule has 0 saturated heterocycles. The third kappa shape index (κ3) is 5.41. The summed E-state index contributed by atoms with van der Waals surface area (Å²) < 4.78 is 5.80. The van der Waals surface area contributed by atoms with Gasteiger partial charge in [-0.05, 0) is 80.0 Å². The Morgan fingerprint density at radius 1 is 0.971 bits per heavy atom. The molecule has 4 aliphatic rings. The molecule has 4 heteroatoms. The van der Waals surface area contributed by atoms with E-state index in [2.05, 4.69) is 41.2 Å². The highest BCUT2D eigenvalue weighted by Crippen LogP contribution is 2.66. The lowest BCUT2D eigenvalue weighted by atomic mass is 9.70. The molecule has 4 saturated carbocycles. The van der Waals surface area contributed by atoms with E-state index in [0.717, 1.165) is 37.0 Å². The molecule has 0 spiro atoms. The highest BCUT2D eigenvalue weighted by atomic mass is 16.5. The van der Waals surface area contributed by atoms with Crippen molar-refractivity contribution in [3.8, 4) is 0 Å². The first-order valence-electron chi connectivity index (χ1n) is 13.8. The third-order valence-electron chi connectivity index (χ3n) is 10.8. The molecule has 4 nitrogen and oxygen atoms in total. The van der Waals surface area contributed by atoms with Gasteiger partial charge in [0.1, 0.15) is 6.10 Å². The van der Waals surface area contributed by atoms with Crippen molar-refractivity contribution in [2.45, 2.75) is 120 Å². The van der Waals surface area contributed by atoms with Crippen LogP contribution in [0.4, 0.5) is 0 Å². The van der Waals surface area contributed by atoms with Gasteiger partial charge in [0.15, 0.2) is 0 Å². The zero-order chi connectivity index (χ0) is 26.1. The van der Waals surface area contributed by atoms with E-state index >= 15 is 0 Å². The van der Waals surface area contributed by atoms with Crippen LogP contribution in [0.1, 0.15) is 114 Å². The fourth-order valence-corrected chi connectivity index (χ4v) is 6.65. The van der Waals surface area contributed by atoms with E-state index in [1.165, 1.54) is 37.7 Å². The number of hydrogen-bond acceptors (Lipinski definition) is 3. The van der Waals surface area contributed by atoms with Gasteiger partial charge in [0.05, 0.1) is 11.8 Å². The van der Waals surface area contributed by atoms with Crippen LogP contribution in [-0.4, -0.2) is 23.1 Å². The van der Waals surface area contributed by atoms with Crippen molar-refractivity contribution in [2.24, 2.45) is 45.8 Å². The number of rotatable bonds is 5. The maximum atomic E-state index is 11.9. The average Bonchev–Trinajstić information content (AvgIpc) is 3.46. The second kappa shape index (κ2) is 10.7. The molecule has 4 aliphatic carbocycles. The third-order valence-corrected chi connectivity index (χ3v) is 10.8. The van der Waals surface area contributed by atoms with Gasteiger partial charge in [-0.15, -0.1) is 0 Å². The molecule has 4 fully saturated rings. The zero-order valence-corrected chi connectivity index (χ0v) is 23.5. The summed E-state index contributed by atoms with van der Waals surface area (Å²) in [5, 5.41) is 8.18. The van der Waals surface area contributed by atoms with Gasteiger partial charge >= 0.3 is 11.9 Å². The fraction of sp³-hybridized carbons (Fsp3) is 0.867. The Morgan fingerprint density at radius 2 is 1.56 bits per heavy atom. The van der Waals surface area contributed by atoms with E-state index in [4.69, 9.17) is 9.84 Å². The second-order valence-electron chi connectivity index (χ2n) is 12.9. The molecule has 0 radical (unpaired) electrons. The first-order chi connectivity index (χ1) is 15.6. The van der Waals surface area contributed by atoms with Crippen molar-refractivity contribution >= 4 is 11.9 Å². The monoisotopic (exact) mass is 476 g/mol. The molecule has 4 bridgehead atoms. The number of carboxylic acid groups (broad SMARTS) is 1. The van der Waals surface area contributed by atoms with Gasteiger partial charge in [0.2, 0.25) is 0 Å². The zero-order valence-electron chi connectivity index (χ0n) is 23.5. The minimum absolute atomic E-state index is 0.00192. The quantitative estimate of drug-likeness (QED) is 0.323. The van der Waals surface area contributed by atoms with Gasteiger partial charge in [-0.25, -0.2) is 0 Å². The van der Waals surface area contributed by atoms with Crippen LogP contribution in [-0.2, 0) is 14.3 Å². The molecule has 7 atom stereocenters. The van der Waals surface area contributed by atoms with E-state index < -0.39 is 5.97 Å². The van der Waals surface area contributed by atoms with Crippen LogP contribution in [0.3, 0.4) is 0 Å². The fourth-order valence-electron chi connectivity index (χ4n) is 6.65. The Bertz CT molecular complexity index is 751. The van der Waals surface area contributed by atoms with Crippen LogP contribution in [0.5, 0.6) is 0 Å². The van der Waals surface area contributed by atoms with Crippen LogP contribution >= 0.6 is 0 Å². The number of fused-ring (bicyclic) bond motifs is 4. The Hall–Kier alpha value is -1.32. The number of carbonyl (C=O) groups excluding carboxylic acids is 1.